The minimum absolute atomic E-state index is 0.573. The highest BCUT2D eigenvalue weighted by Crippen LogP contribution is 2.20. The molecule has 1 heterocycles. The van der Waals surface area contributed by atoms with E-state index >= 15 is 0 Å². The van der Waals surface area contributed by atoms with E-state index in [-0.39, 0.29) is 0 Å². The van der Waals surface area contributed by atoms with Crippen molar-refractivity contribution in [2.75, 3.05) is 24.3 Å². The van der Waals surface area contributed by atoms with Gasteiger partial charge in [0.15, 0.2) is 0 Å². The molecule has 0 fully saturated rings. The first-order chi connectivity index (χ1) is 12.7. The SMILES string of the molecule is COc1cccc(Nc2nc(C)cc(NCCCc3ccccc3)n2)c1. The van der Waals surface area contributed by atoms with Crippen LogP contribution in [0.25, 0.3) is 0 Å². The third kappa shape index (κ3) is 5.21. The Labute approximate surface area is 154 Å². The molecule has 5 nitrogen and oxygen atoms in total. The fraction of sp³-hybridized carbons (Fsp3) is 0.238. The molecular weight excluding hydrogens is 324 g/mol. The maximum Gasteiger partial charge on any atom is 0.229 e. The average molecular weight is 348 g/mol. The number of nitrogens with one attached hydrogen (secondary N) is 2. The molecule has 0 unspecified atom stereocenters. The minimum Gasteiger partial charge on any atom is -0.497 e. The molecule has 0 radical (unpaired) electrons. The Bertz CT molecular complexity index is 836. The van der Waals surface area contributed by atoms with E-state index in [1.54, 1.807) is 7.11 Å². The molecule has 0 amide bonds. The second-order valence-corrected chi connectivity index (χ2v) is 6.09. The van der Waals surface area contributed by atoms with Crippen LogP contribution in [0.3, 0.4) is 0 Å². The molecule has 0 atom stereocenters. The van der Waals surface area contributed by atoms with Gasteiger partial charge in [-0.2, -0.15) is 4.98 Å². The summed E-state index contributed by atoms with van der Waals surface area (Å²) >= 11 is 0. The predicted octanol–water partition coefficient (Wildman–Crippen LogP) is 4.58. The first-order valence-electron chi connectivity index (χ1n) is 8.77. The molecule has 3 rings (SSSR count). The Morgan fingerprint density at radius 3 is 2.62 bits per heavy atom. The van der Waals surface area contributed by atoms with Gasteiger partial charge < -0.3 is 15.4 Å². The topological polar surface area (TPSA) is 59.1 Å². The third-order valence-corrected chi connectivity index (χ3v) is 3.97. The summed E-state index contributed by atoms with van der Waals surface area (Å²) in [7, 11) is 1.65. The first-order valence-corrected chi connectivity index (χ1v) is 8.77. The average Bonchev–Trinajstić information content (AvgIpc) is 2.66. The molecule has 0 saturated carbocycles. The molecule has 2 N–H and O–H groups in total. The zero-order valence-corrected chi connectivity index (χ0v) is 15.2. The van der Waals surface area contributed by atoms with Crippen LogP contribution < -0.4 is 15.4 Å². The largest absolute Gasteiger partial charge is 0.497 e. The standard InChI is InChI=1S/C21H24N4O/c1-16-14-20(22-13-7-10-17-8-4-3-5-9-17)25-21(23-16)24-18-11-6-12-19(15-18)26-2/h3-6,8-9,11-12,14-15H,7,10,13H2,1-2H3,(H2,22,23,24,25). The number of ether oxygens (including phenoxy) is 1. The summed E-state index contributed by atoms with van der Waals surface area (Å²) in [4.78, 5) is 9.01. The van der Waals surface area contributed by atoms with Crippen molar-refractivity contribution in [1.82, 2.24) is 9.97 Å². The Balaban J connectivity index is 1.58. The third-order valence-electron chi connectivity index (χ3n) is 3.97. The number of hydrogen-bond acceptors (Lipinski definition) is 5. The van der Waals surface area contributed by atoms with E-state index in [1.807, 2.05) is 43.3 Å². The van der Waals surface area contributed by atoms with Crippen molar-refractivity contribution in [2.45, 2.75) is 19.8 Å². The van der Waals surface area contributed by atoms with Crippen LogP contribution in [0.15, 0.2) is 60.7 Å². The Morgan fingerprint density at radius 2 is 1.81 bits per heavy atom. The maximum atomic E-state index is 5.25. The lowest BCUT2D eigenvalue weighted by molar-refractivity contribution is 0.415. The summed E-state index contributed by atoms with van der Waals surface area (Å²) in [5, 5.41) is 6.62. The van der Waals surface area contributed by atoms with Crippen molar-refractivity contribution in [3.8, 4) is 5.75 Å². The van der Waals surface area contributed by atoms with E-state index in [1.165, 1.54) is 5.56 Å². The van der Waals surface area contributed by atoms with Crippen LogP contribution in [-0.4, -0.2) is 23.6 Å². The second-order valence-electron chi connectivity index (χ2n) is 6.09. The van der Waals surface area contributed by atoms with E-state index in [9.17, 15) is 0 Å². The van der Waals surface area contributed by atoms with Gasteiger partial charge in [0.05, 0.1) is 7.11 Å². The molecule has 5 heteroatoms. The van der Waals surface area contributed by atoms with Crippen LogP contribution >= 0.6 is 0 Å². The maximum absolute atomic E-state index is 5.25. The zero-order chi connectivity index (χ0) is 18.2. The lowest BCUT2D eigenvalue weighted by Gasteiger charge is -2.10. The number of methoxy groups -OCH3 is 1. The molecular formula is C21H24N4O. The number of aryl methyl sites for hydroxylation is 2. The monoisotopic (exact) mass is 348 g/mol. The summed E-state index contributed by atoms with van der Waals surface area (Å²) < 4.78 is 5.25. The summed E-state index contributed by atoms with van der Waals surface area (Å²) in [5.74, 6) is 2.20. The van der Waals surface area contributed by atoms with Crippen molar-refractivity contribution >= 4 is 17.5 Å². The van der Waals surface area contributed by atoms with Crippen LogP contribution in [0.2, 0.25) is 0 Å². The number of rotatable bonds is 8. The van der Waals surface area contributed by atoms with Gasteiger partial charge in [-0.25, -0.2) is 4.98 Å². The number of hydrogen-bond donors (Lipinski definition) is 2. The van der Waals surface area contributed by atoms with Gasteiger partial charge in [-0.05, 0) is 37.5 Å². The number of aromatic nitrogens is 2. The smallest absolute Gasteiger partial charge is 0.229 e. The summed E-state index contributed by atoms with van der Waals surface area (Å²) in [6.45, 7) is 2.83. The predicted molar refractivity (Wildman–Crippen MR) is 106 cm³/mol. The highest BCUT2D eigenvalue weighted by molar-refractivity contribution is 5.57. The highest BCUT2D eigenvalue weighted by Gasteiger charge is 2.04. The molecule has 2 aromatic carbocycles. The molecule has 0 spiro atoms. The molecule has 0 bridgehead atoms. The summed E-state index contributed by atoms with van der Waals surface area (Å²) in [5.41, 5.74) is 3.16. The van der Waals surface area contributed by atoms with E-state index in [2.05, 4.69) is 44.9 Å². The summed E-state index contributed by atoms with van der Waals surface area (Å²) in [6.07, 6.45) is 2.10. The van der Waals surface area contributed by atoms with Crippen LogP contribution in [0.4, 0.5) is 17.5 Å². The Hall–Kier alpha value is -3.08. The van der Waals surface area contributed by atoms with Crippen LogP contribution in [-0.2, 0) is 6.42 Å². The zero-order valence-electron chi connectivity index (χ0n) is 15.2. The Morgan fingerprint density at radius 1 is 0.962 bits per heavy atom. The quantitative estimate of drug-likeness (QED) is 0.584. The highest BCUT2D eigenvalue weighted by atomic mass is 16.5. The van der Waals surface area contributed by atoms with Crippen LogP contribution in [0.5, 0.6) is 5.75 Å². The van der Waals surface area contributed by atoms with Crippen molar-refractivity contribution < 1.29 is 4.74 Å². The van der Waals surface area contributed by atoms with Crippen LogP contribution in [0.1, 0.15) is 17.7 Å². The van der Waals surface area contributed by atoms with Crippen molar-refractivity contribution in [2.24, 2.45) is 0 Å². The van der Waals surface area contributed by atoms with Gasteiger partial charge in [-0.1, -0.05) is 36.4 Å². The lowest BCUT2D eigenvalue weighted by atomic mass is 10.1. The van der Waals surface area contributed by atoms with Gasteiger partial charge in [0.25, 0.3) is 0 Å². The molecule has 0 aliphatic rings. The fourth-order valence-corrected chi connectivity index (χ4v) is 2.70. The van der Waals surface area contributed by atoms with Crippen molar-refractivity contribution in [3.63, 3.8) is 0 Å². The molecule has 0 aliphatic heterocycles. The van der Waals surface area contributed by atoms with Crippen molar-refractivity contribution in [3.05, 3.63) is 71.9 Å². The molecule has 3 aromatic rings. The summed E-state index contributed by atoms with van der Waals surface area (Å²) in [6, 6.07) is 20.2. The fourth-order valence-electron chi connectivity index (χ4n) is 2.70. The van der Waals surface area contributed by atoms with E-state index in [4.69, 9.17) is 4.74 Å². The second kappa shape index (κ2) is 8.85. The molecule has 26 heavy (non-hydrogen) atoms. The minimum atomic E-state index is 0.573. The van der Waals surface area contributed by atoms with E-state index in [0.29, 0.717) is 5.95 Å². The van der Waals surface area contributed by atoms with Gasteiger partial charge in [-0.15, -0.1) is 0 Å². The normalized spacial score (nSPS) is 10.4. The number of benzene rings is 2. The number of nitrogens with zero attached hydrogens (tertiary/aromatic N) is 2. The van der Waals surface area contributed by atoms with Crippen LogP contribution in [0, 0.1) is 6.92 Å². The van der Waals surface area contributed by atoms with Gasteiger partial charge in [0, 0.05) is 30.1 Å². The van der Waals surface area contributed by atoms with Gasteiger partial charge in [-0.3, -0.25) is 0 Å². The van der Waals surface area contributed by atoms with Crippen molar-refractivity contribution in [1.29, 1.82) is 0 Å². The number of anilines is 3. The van der Waals surface area contributed by atoms with Gasteiger partial charge in [0.2, 0.25) is 5.95 Å². The van der Waals surface area contributed by atoms with E-state index < -0.39 is 0 Å². The lowest BCUT2D eigenvalue weighted by Crippen LogP contribution is -2.07. The molecule has 1 aromatic heterocycles. The molecule has 0 aliphatic carbocycles. The van der Waals surface area contributed by atoms with Gasteiger partial charge >= 0.3 is 0 Å². The first kappa shape index (κ1) is 17.7. The van der Waals surface area contributed by atoms with Gasteiger partial charge in [0.1, 0.15) is 11.6 Å². The molecule has 134 valence electrons. The van der Waals surface area contributed by atoms with E-state index in [0.717, 1.165) is 42.3 Å². The molecule has 0 saturated heterocycles. The Kier molecular flexibility index (Phi) is 6.04.